The number of hydrogen-bond donors (Lipinski definition) is 2. The van der Waals surface area contributed by atoms with Gasteiger partial charge < -0.3 is 13.7 Å². The van der Waals surface area contributed by atoms with Crippen molar-refractivity contribution >= 4 is 11.9 Å². The van der Waals surface area contributed by atoms with Crippen LogP contribution >= 0.6 is 0 Å². The first-order valence-corrected chi connectivity index (χ1v) is 7.73. The molecule has 0 aliphatic heterocycles. The second-order valence-corrected chi connectivity index (χ2v) is 5.56. The number of rotatable bonds is 5. The lowest BCUT2D eigenvalue weighted by atomic mass is 10.1. The minimum atomic E-state index is -0.611. The Morgan fingerprint density at radius 3 is 2.50 bits per heavy atom. The Morgan fingerprint density at radius 1 is 1.15 bits per heavy atom. The molecular weight excluding hydrogens is 340 g/mol. The summed E-state index contributed by atoms with van der Waals surface area (Å²) in [7, 11) is 0. The lowest BCUT2D eigenvalue weighted by Gasteiger charge is -2.03. The van der Waals surface area contributed by atoms with Gasteiger partial charge in [0.15, 0.2) is 0 Å². The van der Waals surface area contributed by atoms with Crippen molar-refractivity contribution in [3.05, 3.63) is 64.7 Å². The van der Waals surface area contributed by atoms with Crippen LogP contribution in [0, 0.1) is 13.8 Å². The average Bonchev–Trinajstić information content (AvgIpc) is 3.27. The van der Waals surface area contributed by atoms with E-state index in [4.69, 9.17) is 18.9 Å². The van der Waals surface area contributed by atoms with Crippen molar-refractivity contribution in [1.82, 2.24) is 10.6 Å². The number of amides is 1. The average molecular weight is 356 g/mol. The maximum atomic E-state index is 12.1. The van der Waals surface area contributed by atoms with E-state index in [0.717, 1.165) is 5.56 Å². The van der Waals surface area contributed by atoms with Gasteiger partial charge in [-0.15, -0.1) is 0 Å². The molecule has 0 spiro atoms. The Kier molecular flexibility index (Phi) is 4.85. The first kappa shape index (κ1) is 17.4. The number of aromatic nitrogens is 1. The predicted octanol–water partition coefficient (Wildman–Crippen LogP) is 3.03. The van der Waals surface area contributed by atoms with Crippen molar-refractivity contribution in [2.45, 2.75) is 20.5 Å². The van der Waals surface area contributed by atoms with E-state index in [0.29, 0.717) is 28.3 Å². The highest BCUT2D eigenvalue weighted by molar-refractivity contribution is 5.93. The molecule has 0 saturated heterocycles. The summed E-state index contributed by atoms with van der Waals surface area (Å²) in [4.78, 5) is 23.5. The highest BCUT2D eigenvalue weighted by atomic mass is 16.5. The molecule has 1 aromatic carbocycles. The Morgan fingerprint density at radius 2 is 1.88 bits per heavy atom. The number of carbonyl (C=O) groups is 2. The number of esters is 1. The van der Waals surface area contributed by atoms with Crippen molar-refractivity contribution in [3.63, 3.8) is 0 Å². The molecule has 2 aromatic heterocycles. The summed E-state index contributed by atoms with van der Waals surface area (Å²) in [6, 6.07) is 9.48. The third-order valence-electron chi connectivity index (χ3n) is 3.87. The normalized spacial score (nSPS) is 10.6. The van der Waals surface area contributed by atoms with Crippen LogP contribution in [0.15, 0.2) is 45.3 Å². The van der Waals surface area contributed by atoms with Gasteiger partial charge >= 0.3 is 5.97 Å². The fourth-order valence-electron chi connectivity index (χ4n) is 2.37. The first-order chi connectivity index (χ1) is 12.5. The summed E-state index contributed by atoms with van der Waals surface area (Å²) in [6.45, 7) is 3.56. The molecule has 0 bridgehead atoms. The molecule has 26 heavy (non-hydrogen) atoms. The molecule has 8 heteroatoms. The molecule has 1 amide bonds. The van der Waals surface area contributed by atoms with Crippen molar-refractivity contribution in [2.24, 2.45) is 0 Å². The van der Waals surface area contributed by atoms with Crippen LogP contribution in [0.2, 0.25) is 0 Å². The molecule has 134 valence electrons. The number of hydroxylamine groups is 1. The van der Waals surface area contributed by atoms with E-state index in [1.807, 2.05) is 0 Å². The third-order valence-corrected chi connectivity index (χ3v) is 3.87. The van der Waals surface area contributed by atoms with Gasteiger partial charge in [-0.3, -0.25) is 10.0 Å². The zero-order valence-electron chi connectivity index (χ0n) is 14.1. The quantitative estimate of drug-likeness (QED) is 0.410. The van der Waals surface area contributed by atoms with Crippen molar-refractivity contribution in [1.29, 1.82) is 0 Å². The van der Waals surface area contributed by atoms with Crippen LogP contribution < -0.4 is 5.48 Å². The van der Waals surface area contributed by atoms with E-state index >= 15 is 0 Å². The van der Waals surface area contributed by atoms with E-state index < -0.39 is 11.9 Å². The van der Waals surface area contributed by atoms with Crippen LogP contribution in [-0.4, -0.2) is 22.2 Å². The van der Waals surface area contributed by atoms with Gasteiger partial charge in [0, 0.05) is 11.1 Å². The van der Waals surface area contributed by atoms with Crippen LogP contribution in [-0.2, 0) is 11.3 Å². The highest BCUT2D eigenvalue weighted by Gasteiger charge is 2.17. The lowest BCUT2D eigenvalue weighted by Crippen LogP contribution is -2.18. The van der Waals surface area contributed by atoms with E-state index in [-0.39, 0.29) is 12.4 Å². The number of nitrogens with one attached hydrogen (secondary N) is 1. The molecular formula is C18H16N2O6. The number of ether oxygens (including phenoxy) is 1. The zero-order chi connectivity index (χ0) is 18.7. The molecule has 0 unspecified atom stereocenters. The summed E-state index contributed by atoms with van der Waals surface area (Å²) in [5, 5.41) is 12.4. The minimum Gasteiger partial charge on any atom is -0.455 e. The summed E-state index contributed by atoms with van der Waals surface area (Å²) < 4.78 is 15.8. The SMILES string of the molecule is Cc1noc(C)c1COC(=O)c1ccc(-c2ccc(C(=O)NO)cc2)o1. The van der Waals surface area contributed by atoms with E-state index in [1.54, 1.807) is 37.5 Å². The predicted molar refractivity (Wildman–Crippen MR) is 88.5 cm³/mol. The number of benzene rings is 1. The van der Waals surface area contributed by atoms with Crippen LogP contribution in [0.4, 0.5) is 0 Å². The molecule has 2 N–H and O–H groups in total. The van der Waals surface area contributed by atoms with Gasteiger partial charge in [0.1, 0.15) is 18.1 Å². The van der Waals surface area contributed by atoms with Gasteiger partial charge in [-0.05, 0) is 38.1 Å². The van der Waals surface area contributed by atoms with Crippen molar-refractivity contribution < 1.29 is 28.5 Å². The van der Waals surface area contributed by atoms with Crippen LogP contribution in [0.3, 0.4) is 0 Å². The number of furan rings is 1. The molecule has 0 fully saturated rings. The standard InChI is InChI=1S/C18H16N2O6/c1-10-14(11(2)26-20-10)9-24-18(22)16-8-7-15(25-16)12-3-5-13(6-4-12)17(21)19-23/h3-8,23H,9H2,1-2H3,(H,19,21). The van der Waals surface area contributed by atoms with Gasteiger partial charge in [-0.2, -0.15) is 0 Å². The molecule has 3 aromatic rings. The fourth-order valence-corrected chi connectivity index (χ4v) is 2.37. The molecule has 0 saturated carbocycles. The van der Waals surface area contributed by atoms with Crippen molar-refractivity contribution in [3.8, 4) is 11.3 Å². The fraction of sp³-hybridized carbons (Fsp3) is 0.167. The van der Waals surface area contributed by atoms with E-state index in [1.165, 1.54) is 18.2 Å². The van der Waals surface area contributed by atoms with Gasteiger partial charge in [0.25, 0.3) is 5.91 Å². The maximum Gasteiger partial charge on any atom is 0.374 e. The number of aryl methyl sites for hydroxylation is 2. The second-order valence-electron chi connectivity index (χ2n) is 5.56. The van der Waals surface area contributed by atoms with E-state index in [2.05, 4.69) is 5.16 Å². The van der Waals surface area contributed by atoms with E-state index in [9.17, 15) is 9.59 Å². The number of nitrogens with zero attached hydrogens (tertiary/aromatic N) is 1. The number of hydrogen-bond acceptors (Lipinski definition) is 7. The van der Waals surface area contributed by atoms with Crippen LogP contribution in [0.5, 0.6) is 0 Å². The Labute approximate surface area is 148 Å². The Bertz CT molecular complexity index is 920. The van der Waals surface area contributed by atoms with Gasteiger partial charge in [-0.25, -0.2) is 10.3 Å². The summed E-state index contributed by atoms with van der Waals surface area (Å²) >= 11 is 0. The molecule has 3 rings (SSSR count). The zero-order valence-corrected chi connectivity index (χ0v) is 14.1. The Hall–Kier alpha value is -3.39. The first-order valence-electron chi connectivity index (χ1n) is 7.73. The van der Waals surface area contributed by atoms with Crippen molar-refractivity contribution in [2.75, 3.05) is 0 Å². The van der Waals surface area contributed by atoms with Crippen LogP contribution in [0.25, 0.3) is 11.3 Å². The smallest absolute Gasteiger partial charge is 0.374 e. The molecule has 0 atom stereocenters. The molecule has 0 radical (unpaired) electrons. The number of carbonyl (C=O) groups excluding carboxylic acids is 2. The molecule has 0 aliphatic carbocycles. The Balaban J connectivity index is 1.69. The maximum absolute atomic E-state index is 12.1. The molecule has 8 nitrogen and oxygen atoms in total. The van der Waals surface area contributed by atoms with Crippen LogP contribution in [0.1, 0.15) is 37.9 Å². The largest absolute Gasteiger partial charge is 0.455 e. The monoisotopic (exact) mass is 356 g/mol. The van der Waals surface area contributed by atoms with Gasteiger partial charge in [-0.1, -0.05) is 17.3 Å². The summed E-state index contributed by atoms with van der Waals surface area (Å²) in [6.07, 6.45) is 0. The summed E-state index contributed by atoms with van der Waals surface area (Å²) in [5.74, 6) is -0.108. The second kappa shape index (κ2) is 7.24. The van der Waals surface area contributed by atoms with Gasteiger partial charge in [0.05, 0.1) is 11.3 Å². The van der Waals surface area contributed by atoms with Gasteiger partial charge in [0.2, 0.25) is 5.76 Å². The minimum absolute atomic E-state index is 0.0427. The summed E-state index contributed by atoms with van der Waals surface area (Å²) in [5.41, 5.74) is 3.92. The third kappa shape index (κ3) is 3.50. The molecule has 0 aliphatic rings. The lowest BCUT2D eigenvalue weighted by molar-refractivity contribution is 0.0435. The highest BCUT2D eigenvalue weighted by Crippen LogP contribution is 2.23. The molecule has 2 heterocycles. The topological polar surface area (TPSA) is 115 Å².